The summed E-state index contributed by atoms with van der Waals surface area (Å²) >= 11 is 0. The summed E-state index contributed by atoms with van der Waals surface area (Å²) < 4.78 is 5.23. The molecule has 4 heteroatoms. The Morgan fingerprint density at radius 1 is 1.11 bits per heavy atom. The fraction of sp³-hybridized carbons (Fsp3) is 0.333. The van der Waals surface area contributed by atoms with E-state index < -0.39 is 0 Å². The maximum atomic E-state index is 5.88. The lowest BCUT2D eigenvalue weighted by atomic mass is 9.95. The Bertz CT molecular complexity index is 588. The van der Waals surface area contributed by atoms with E-state index in [1.807, 2.05) is 24.3 Å². The molecule has 0 aliphatic carbocycles. The zero-order valence-corrected chi connectivity index (χ0v) is 11.8. The molecular weight excluding hydrogens is 238 g/mol. The standard InChI is InChI=1S/C15H19N3O/c1-15(2,3)14-17-12(9-13(16)18-14)10-6-5-7-11(8-10)19-4/h5-9H,1-4H3,(H2,16,17,18). The first-order chi connectivity index (χ1) is 8.90. The highest BCUT2D eigenvalue weighted by Crippen LogP contribution is 2.26. The number of nitrogens with zero attached hydrogens (tertiary/aromatic N) is 2. The van der Waals surface area contributed by atoms with Gasteiger partial charge in [0.25, 0.3) is 0 Å². The zero-order chi connectivity index (χ0) is 14.0. The van der Waals surface area contributed by atoms with Crippen LogP contribution in [-0.4, -0.2) is 17.1 Å². The van der Waals surface area contributed by atoms with Gasteiger partial charge >= 0.3 is 0 Å². The van der Waals surface area contributed by atoms with Gasteiger partial charge < -0.3 is 10.5 Å². The number of ether oxygens (including phenoxy) is 1. The number of nitrogen functional groups attached to an aromatic ring is 1. The largest absolute Gasteiger partial charge is 0.497 e. The van der Waals surface area contributed by atoms with E-state index >= 15 is 0 Å². The Hall–Kier alpha value is -2.10. The second kappa shape index (κ2) is 4.88. The van der Waals surface area contributed by atoms with E-state index in [0.29, 0.717) is 5.82 Å². The van der Waals surface area contributed by atoms with Gasteiger partial charge in [-0.2, -0.15) is 0 Å². The molecule has 2 N–H and O–H groups in total. The van der Waals surface area contributed by atoms with Crippen LogP contribution in [-0.2, 0) is 5.41 Å². The average molecular weight is 257 g/mol. The molecule has 0 atom stereocenters. The van der Waals surface area contributed by atoms with E-state index in [0.717, 1.165) is 22.8 Å². The number of aromatic nitrogens is 2. The Kier molecular flexibility index (Phi) is 3.42. The summed E-state index contributed by atoms with van der Waals surface area (Å²) in [5.41, 5.74) is 7.53. The second-order valence-electron chi connectivity index (χ2n) is 5.48. The van der Waals surface area contributed by atoms with Crippen LogP contribution in [0.2, 0.25) is 0 Å². The molecule has 0 amide bonds. The quantitative estimate of drug-likeness (QED) is 0.898. The van der Waals surface area contributed by atoms with Crippen LogP contribution in [0, 0.1) is 0 Å². The maximum absolute atomic E-state index is 5.88. The van der Waals surface area contributed by atoms with Gasteiger partial charge in [-0.15, -0.1) is 0 Å². The van der Waals surface area contributed by atoms with Gasteiger partial charge in [-0.25, -0.2) is 9.97 Å². The lowest BCUT2D eigenvalue weighted by Crippen LogP contribution is -2.17. The molecular formula is C15H19N3O. The van der Waals surface area contributed by atoms with E-state index in [-0.39, 0.29) is 5.41 Å². The van der Waals surface area contributed by atoms with Crippen molar-refractivity contribution in [1.29, 1.82) is 0 Å². The minimum Gasteiger partial charge on any atom is -0.497 e. The van der Waals surface area contributed by atoms with Crippen LogP contribution in [0.4, 0.5) is 5.82 Å². The molecule has 19 heavy (non-hydrogen) atoms. The van der Waals surface area contributed by atoms with E-state index in [1.165, 1.54) is 0 Å². The minimum atomic E-state index is -0.136. The van der Waals surface area contributed by atoms with Crippen LogP contribution in [0.5, 0.6) is 5.75 Å². The Labute approximate surface area is 113 Å². The van der Waals surface area contributed by atoms with Crippen LogP contribution in [0.15, 0.2) is 30.3 Å². The van der Waals surface area contributed by atoms with Gasteiger partial charge in [-0.1, -0.05) is 32.9 Å². The van der Waals surface area contributed by atoms with Gasteiger partial charge in [0.15, 0.2) is 0 Å². The van der Waals surface area contributed by atoms with Crippen LogP contribution < -0.4 is 10.5 Å². The van der Waals surface area contributed by atoms with Crippen molar-refractivity contribution in [3.8, 4) is 17.0 Å². The molecule has 0 fully saturated rings. The van der Waals surface area contributed by atoms with E-state index in [2.05, 4.69) is 30.7 Å². The first-order valence-electron chi connectivity index (χ1n) is 6.19. The van der Waals surface area contributed by atoms with Gasteiger partial charge in [0.1, 0.15) is 17.4 Å². The van der Waals surface area contributed by atoms with Crippen molar-refractivity contribution < 1.29 is 4.74 Å². The molecule has 1 heterocycles. The van der Waals surface area contributed by atoms with Crippen LogP contribution in [0.25, 0.3) is 11.3 Å². The van der Waals surface area contributed by atoms with Crippen molar-refractivity contribution in [2.45, 2.75) is 26.2 Å². The molecule has 2 rings (SSSR count). The number of hydrogen-bond acceptors (Lipinski definition) is 4. The fourth-order valence-electron chi connectivity index (χ4n) is 1.73. The average Bonchev–Trinajstić information content (AvgIpc) is 2.37. The number of methoxy groups -OCH3 is 1. The van der Waals surface area contributed by atoms with Gasteiger partial charge in [-0.05, 0) is 12.1 Å². The molecule has 100 valence electrons. The van der Waals surface area contributed by atoms with Gasteiger partial charge in [0.2, 0.25) is 0 Å². The third kappa shape index (κ3) is 3.02. The third-order valence-electron chi connectivity index (χ3n) is 2.78. The monoisotopic (exact) mass is 257 g/mol. The minimum absolute atomic E-state index is 0.136. The predicted octanol–water partition coefficient (Wildman–Crippen LogP) is 3.03. The second-order valence-corrected chi connectivity index (χ2v) is 5.48. The van der Waals surface area contributed by atoms with Crippen LogP contribution in [0.1, 0.15) is 26.6 Å². The number of anilines is 1. The summed E-state index contributed by atoms with van der Waals surface area (Å²) in [5.74, 6) is 2.02. The Balaban J connectivity index is 2.53. The zero-order valence-electron chi connectivity index (χ0n) is 11.8. The van der Waals surface area contributed by atoms with Crippen molar-refractivity contribution >= 4 is 5.82 Å². The SMILES string of the molecule is COc1cccc(-c2cc(N)nc(C(C)(C)C)n2)c1. The lowest BCUT2D eigenvalue weighted by molar-refractivity contribution is 0.415. The highest BCUT2D eigenvalue weighted by atomic mass is 16.5. The molecule has 0 saturated heterocycles. The van der Waals surface area contributed by atoms with Crippen molar-refractivity contribution in [3.05, 3.63) is 36.2 Å². The summed E-state index contributed by atoms with van der Waals surface area (Å²) in [5, 5.41) is 0. The predicted molar refractivity (Wildman–Crippen MR) is 77.1 cm³/mol. The summed E-state index contributed by atoms with van der Waals surface area (Å²) in [6, 6.07) is 9.54. The molecule has 4 nitrogen and oxygen atoms in total. The molecule has 1 aromatic carbocycles. The van der Waals surface area contributed by atoms with Crippen molar-refractivity contribution in [2.24, 2.45) is 0 Å². The third-order valence-corrected chi connectivity index (χ3v) is 2.78. The number of hydrogen-bond donors (Lipinski definition) is 1. The van der Waals surface area contributed by atoms with Gasteiger partial charge in [0.05, 0.1) is 12.8 Å². The normalized spacial score (nSPS) is 11.4. The number of rotatable bonds is 2. The maximum Gasteiger partial charge on any atom is 0.136 e. The van der Waals surface area contributed by atoms with Crippen LogP contribution in [0.3, 0.4) is 0 Å². The first kappa shape index (κ1) is 13.3. The topological polar surface area (TPSA) is 61.0 Å². The molecule has 0 radical (unpaired) electrons. The van der Waals surface area contributed by atoms with E-state index in [9.17, 15) is 0 Å². The molecule has 0 unspecified atom stereocenters. The summed E-state index contributed by atoms with van der Waals surface area (Å²) in [6.45, 7) is 6.20. The molecule has 0 spiro atoms. The molecule has 0 bridgehead atoms. The number of benzene rings is 1. The fourth-order valence-corrected chi connectivity index (χ4v) is 1.73. The smallest absolute Gasteiger partial charge is 0.136 e. The van der Waals surface area contributed by atoms with Gasteiger partial charge in [-0.3, -0.25) is 0 Å². The molecule has 0 saturated carbocycles. The lowest BCUT2D eigenvalue weighted by Gasteiger charge is -2.17. The highest BCUT2D eigenvalue weighted by molar-refractivity contribution is 5.63. The van der Waals surface area contributed by atoms with E-state index in [4.69, 9.17) is 10.5 Å². The Morgan fingerprint density at radius 3 is 2.47 bits per heavy atom. The molecule has 1 aromatic heterocycles. The summed E-state index contributed by atoms with van der Waals surface area (Å²) in [6.07, 6.45) is 0. The van der Waals surface area contributed by atoms with Crippen molar-refractivity contribution in [2.75, 3.05) is 12.8 Å². The molecule has 0 aliphatic heterocycles. The van der Waals surface area contributed by atoms with Crippen LogP contribution >= 0.6 is 0 Å². The molecule has 0 aliphatic rings. The Morgan fingerprint density at radius 2 is 1.84 bits per heavy atom. The van der Waals surface area contributed by atoms with Crippen molar-refractivity contribution in [3.63, 3.8) is 0 Å². The first-order valence-corrected chi connectivity index (χ1v) is 6.19. The van der Waals surface area contributed by atoms with E-state index in [1.54, 1.807) is 13.2 Å². The van der Waals surface area contributed by atoms with Crippen molar-refractivity contribution in [1.82, 2.24) is 9.97 Å². The van der Waals surface area contributed by atoms with Gasteiger partial charge in [0, 0.05) is 17.0 Å². The summed E-state index contributed by atoms with van der Waals surface area (Å²) in [7, 11) is 1.65. The number of nitrogens with two attached hydrogens (primary N) is 1. The highest BCUT2D eigenvalue weighted by Gasteiger charge is 2.19. The molecule has 2 aromatic rings. The summed E-state index contributed by atoms with van der Waals surface area (Å²) in [4.78, 5) is 8.91.